The molecule has 0 aliphatic rings. The number of hydrogen-bond donors (Lipinski definition) is 0. The number of fused-ring (bicyclic) bond motifs is 1. The fraction of sp³-hybridized carbons (Fsp3) is 0.625. The van der Waals surface area contributed by atoms with Gasteiger partial charge in [0.2, 0.25) is 5.88 Å². The fourth-order valence-electron chi connectivity index (χ4n) is 6.13. The van der Waals surface area contributed by atoms with Gasteiger partial charge in [0.05, 0.1) is 17.6 Å². The molecule has 1 aromatic heterocycles. The summed E-state index contributed by atoms with van der Waals surface area (Å²) in [5.74, 6) is -0.000733. The summed E-state index contributed by atoms with van der Waals surface area (Å²) in [4.78, 5) is 56.5. The quantitative estimate of drug-likeness (QED) is 0.0199. The second-order valence-corrected chi connectivity index (χ2v) is 25.3. The molecule has 1 atom stereocenters. The molecule has 3 aromatic rings. The number of hydrogen-bond acceptors (Lipinski definition) is 13. The number of nitrogens with zero attached hydrogens (tertiary/aromatic N) is 3. The van der Waals surface area contributed by atoms with Crippen molar-refractivity contribution >= 4 is 43.3 Å². The van der Waals surface area contributed by atoms with Gasteiger partial charge in [0.15, 0.2) is 14.1 Å². The van der Waals surface area contributed by atoms with Gasteiger partial charge in [-0.05, 0) is 136 Å². The molecule has 1 heterocycles. The minimum absolute atomic E-state index is 0.0731. The number of carbonyl (C=O) groups excluding carboxylic acids is 3. The van der Waals surface area contributed by atoms with Crippen LogP contribution in [0.2, 0.25) is 18.1 Å². The number of pyridine rings is 1. The van der Waals surface area contributed by atoms with Crippen molar-refractivity contribution in [2.45, 2.75) is 169 Å². The summed E-state index contributed by atoms with van der Waals surface area (Å²) in [6, 6.07) is 13.3. The minimum Gasteiger partial charge on any atom is -0.444 e. The van der Waals surface area contributed by atoms with Crippen LogP contribution in [0.5, 0.6) is 11.6 Å². The first-order valence-corrected chi connectivity index (χ1v) is 25.2. The molecule has 0 bridgehead atoms. The molecule has 2 aromatic carbocycles. The Labute approximate surface area is 381 Å². The van der Waals surface area contributed by atoms with Gasteiger partial charge in [0.1, 0.15) is 22.3 Å². The molecule has 0 fully saturated rings. The third-order valence-corrected chi connectivity index (χ3v) is 14.7. The molecule has 1 amide bonds. The molecule has 0 spiro atoms. The second kappa shape index (κ2) is 22.9. The van der Waals surface area contributed by atoms with Crippen molar-refractivity contribution in [3.8, 4) is 11.6 Å². The van der Waals surface area contributed by atoms with E-state index < -0.39 is 54.6 Å². The van der Waals surface area contributed by atoms with Crippen LogP contribution < -0.4 is 9.47 Å². The molecule has 0 radical (unpaired) electrons. The minimum atomic E-state index is -2.52. The maximum Gasteiger partial charge on any atom is 0.515 e. The zero-order valence-electron chi connectivity index (χ0n) is 40.7. The number of ether oxygens (including phenoxy) is 6. The number of aryl methyl sites for hydroxylation is 1. The van der Waals surface area contributed by atoms with E-state index in [1.54, 1.807) is 76.8 Å². The Balaban J connectivity index is 1.84. The highest BCUT2D eigenvalue weighted by Gasteiger charge is 2.41. The van der Waals surface area contributed by atoms with Crippen LogP contribution in [0.15, 0.2) is 48.5 Å². The maximum atomic E-state index is 14.0. The number of rotatable bonds is 20. The standard InChI is InChI=1S/C48H73N3O12Si/c1-45(2,3)60-42(52)50(30-18-15-16-19-31-57-32-20-17-21-34-22-24-35(25-23-34)51(55)56)33-39(63-64(13,14)48(10,11)12)36-26-28-38(58-43(53)61-46(4,5)6)41-37(36)27-29-40(49-41)59-44(54)62-47(7,8)9/h22-29,39H,15-21,30-33H2,1-14H3. The van der Waals surface area contributed by atoms with E-state index in [2.05, 4.69) is 38.8 Å². The first-order chi connectivity index (χ1) is 29.5. The molecule has 0 aliphatic heterocycles. The number of non-ortho nitro benzene ring substituents is 1. The predicted molar refractivity (Wildman–Crippen MR) is 250 cm³/mol. The van der Waals surface area contributed by atoms with Crippen LogP contribution in [-0.4, -0.2) is 84.6 Å². The monoisotopic (exact) mass is 911 g/mol. The first-order valence-electron chi connectivity index (χ1n) is 22.3. The van der Waals surface area contributed by atoms with E-state index in [4.69, 9.17) is 32.8 Å². The molecule has 16 heteroatoms. The van der Waals surface area contributed by atoms with Crippen LogP contribution in [0.4, 0.5) is 20.1 Å². The number of benzene rings is 2. The molecule has 0 N–H and O–H groups in total. The third-order valence-electron chi connectivity index (χ3n) is 10.2. The summed E-state index contributed by atoms with van der Waals surface area (Å²) in [6.45, 7) is 28.4. The first kappa shape index (κ1) is 53.5. The lowest BCUT2D eigenvalue weighted by Crippen LogP contribution is -2.46. The SMILES string of the molecule is CC(C)(C)OC(=O)Oc1ccc2c(C(CN(CCCCCCOCCCCc3ccc([N+](=O)[O-])cc3)C(=O)OC(C)(C)C)O[Si](C)(C)C(C)(C)C)ccc(OC(=O)OC(C)(C)C)c2n1. The predicted octanol–water partition coefficient (Wildman–Crippen LogP) is 12.7. The van der Waals surface area contributed by atoms with E-state index in [9.17, 15) is 24.5 Å². The van der Waals surface area contributed by atoms with Crippen LogP contribution in [-0.2, 0) is 29.8 Å². The highest BCUT2D eigenvalue weighted by atomic mass is 28.4. The lowest BCUT2D eigenvalue weighted by atomic mass is 10.0. The molecular formula is C48H73N3O12Si. The smallest absolute Gasteiger partial charge is 0.444 e. The number of carbonyl (C=O) groups is 3. The molecule has 0 saturated carbocycles. The normalized spacial score (nSPS) is 13.0. The third kappa shape index (κ3) is 18.7. The number of unbranched alkanes of at least 4 members (excludes halogenated alkanes) is 4. The molecule has 0 aliphatic carbocycles. The Morgan fingerprint density at radius 2 is 1.27 bits per heavy atom. The second-order valence-electron chi connectivity index (χ2n) is 20.5. The van der Waals surface area contributed by atoms with Gasteiger partial charge >= 0.3 is 18.4 Å². The Hall–Kier alpha value is -4.80. The Morgan fingerprint density at radius 3 is 1.83 bits per heavy atom. The van der Waals surface area contributed by atoms with Gasteiger partial charge < -0.3 is 37.7 Å². The molecule has 64 heavy (non-hydrogen) atoms. The molecular weight excluding hydrogens is 839 g/mol. The van der Waals surface area contributed by atoms with E-state index >= 15 is 0 Å². The highest BCUT2D eigenvalue weighted by molar-refractivity contribution is 6.74. The Kier molecular flexibility index (Phi) is 19.1. The number of aromatic nitrogens is 1. The van der Waals surface area contributed by atoms with Gasteiger partial charge in [-0.2, -0.15) is 0 Å². The van der Waals surface area contributed by atoms with Crippen molar-refractivity contribution in [3.05, 3.63) is 69.8 Å². The van der Waals surface area contributed by atoms with E-state index in [0.717, 1.165) is 50.5 Å². The summed E-state index contributed by atoms with van der Waals surface area (Å²) in [6.07, 6.45) is 3.02. The van der Waals surface area contributed by atoms with Crippen molar-refractivity contribution in [2.24, 2.45) is 0 Å². The van der Waals surface area contributed by atoms with Gasteiger partial charge in [-0.25, -0.2) is 19.4 Å². The summed E-state index contributed by atoms with van der Waals surface area (Å²) < 4.78 is 41.0. The molecule has 15 nitrogen and oxygen atoms in total. The van der Waals surface area contributed by atoms with Crippen LogP contribution in [0.3, 0.4) is 0 Å². The number of nitro groups is 1. The number of nitro benzene ring substituents is 1. The van der Waals surface area contributed by atoms with Gasteiger partial charge in [-0.15, -0.1) is 0 Å². The lowest BCUT2D eigenvalue weighted by Gasteiger charge is -2.41. The molecule has 1 unspecified atom stereocenters. The van der Waals surface area contributed by atoms with Crippen molar-refractivity contribution in [2.75, 3.05) is 26.3 Å². The lowest BCUT2D eigenvalue weighted by molar-refractivity contribution is -0.384. The Bertz CT molecular complexity index is 2010. The van der Waals surface area contributed by atoms with Crippen molar-refractivity contribution < 1.29 is 52.2 Å². The van der Waals surface area contributed by atoms with Crippen LogP contribution >= 0.6 is 0 Å². The van der Waals surface area contributed by atoms with E-state index in [1.807, 2.05) is 20.8 Å². The number of amides is 1. The van der Waals surface area contributed by atoms with Gasteiger partial charge in [-0.1, -0.05) is 51.8 Å². The van der Waals surface area contributed by atoms with E-state index in [0.29, 0.717) is 30.7 Å². The summed E-state index contributed by atoms with van der Waals surface area (Å²) >= 11 is 0. The van der Waals surface area contributed by atoms with Crippen molar-refractivity contribution in [3.63, 3.8) is 0 Å². The molecule has 0 saturated heterocycles. The molecule has 356 valence electrons. The average Bonchev–Trinajstić information content (AvgIpc) is 3.13. The zero-order chi connectivity index (χ0) is 48.1. The van der Waals surface area contributed by atoms with Crippen LogP contribution in [0, 0.1) is 10.1 Å². The average molecular weight is 912 g/mol. The fourth-order valence-corrected chi connectivity index (χ4v) is 7.39. The highest BCUT2D eigenvalue weighted by Crippen LogP contribution is 2.42. The summed E-state index contributed by atoms with van der Waals surface area (Å²) in [5, 5.41) is 11.3. The van der Waals surface area contributed by atoms with Crippen LogP contribution in [0.25, 0.3) is 10.9 Å². The molecule has 3 rings (SSSR count). The summed E-state index contributed by atoms with van der Waals surface area (Å²) in [5.41, 5.74) is -0.318. The largest absolute Gasteiger partial charge is 0.515 e. The topological polar surface area (TPSA) is 175 Å². The van der Waals surface area contributed by atoms with Gasteiger partial charge in [0.25, 0.3) is 5.69 Å². The van der Waals surface area contributed by atoms with Crippen molar-refractivity contribution in [1.29, 1.82) is 0 Å². The van der Waals surface area contributed by atoms with Crippen LogP contribution in [0.1, 0.15) is 139 Å². The maximum absolute atomic E-state index is 14.0. The van der Waals surface area contributed by atoms with Gasteiger partial charge in [0, 0.05) is 43.3 Å². The van der Waals surface area contributed by atoms with Crippen molar-refractivity contribution in [1.82, 2.24) is 9.88 Å². The van der Waals surface area contributed by atoms with E-state index in [1.165, 1.54) is 18.2 Å². The summed E-state index contributed by atoms with van der Waals surface area (Å²) in [7, 11) is -2.52. The van der Waals surface area contributed by atoms with Gasteiger partial charge in [-0.3, -0.25) is 10.1 Å². The van der Waals surface area contributed by atoms with E-state index in [-0.39, 0.29) is 34.4 Å². The zero-order valence-corrected chi connectivity index (χ0v) is 41.7. The Morgan fingerprint density at radius 1 is 0.703 bits per heavy atom.